The largest absolute Gasteiger partial charge is 0.473 e. The van der Waals surface area contributed by atoms with Crippen molar-refractivity contribution in [2.75, 3.05) is 18.0 Å². The van der Waals surface area contributed by atoms with Crippen LogP contribution < -0.4 is 15.0 Å². The topological polar surface area (TPSA) is 84.6 Å². The molecule has 0 spiro atoms. The summed E-state index contributed by atoms with van der Waals surface area (Å²) in [5, 5.41) is 7.17. The van der Waals surface area contributed by atoms with Crippen LogP contribution in [0, 0.1) is 5.82 Å². The van der Waals surface area contributed by atoms with Gasteiger partial charge in [0.1, 0.15) is 23.3 Å². The Hall–Kier alpha value is -3.23. The molecule has 2 atom stereocenters. The molecule has 1 N–H and O–H groups in total. The maximum absolute atomic E-state index is 14.1. The minimum atomic E-state index is -0.414. The molecule has 2 aliphatic heterocycles. The number of fused-ring (bicyclic) bond motifs is 1. The number of hydrogen-bond acceptors (Lipinski definition) is 6. The number of nitrogens with one attached hydrogen (secondary N) is 1. The molecular formula is C20H21FN6O2. The summed E-state index contributed by atoms with van der Waals surface area (Å²) >= 11 is 0. The molecule has 0 saturated carbocycles. The number of pyridine rings is 1. The third-order valence-corrected chi connectivity index (χ3v) is 5.53. The maximum Gasteiger partial charge on any atom is 0.256 e. The molecule has 5 rings (SSSR count). The summed E-state index contributed by atoms with van der Waals surface area (Å²) in [4.78, 5) is 23.8. The lowest BCUT2D eigenvalue weighted by atomic mass is 10.0. The number of ether oxygens (including phenoxy) is 1. The number of aromatic nitrogens is 4. The summed E-state index contributed by atoms with van der Waals surface area (Å²) in [6.07, 6.45) is 6.07. The summed E-state index contributed by atoms with van der Waals surface area (Å²) < 4.78 is 21.7. The molecule has 9 heteroatoms. The van der Waals surface area contributed by atoms with Crippen LogP contribution in [0.25, 0.3) is 5.65 Å². The monoisotopic (exact) mass is 396 g/mol. The van der Waals surface area contributed by atoms with E-state index in [1.54, 1.807) is 4.52 Å². The summed E-state index contributed by atoms with van der Waals surface area (Å²) in [6.45, 7) is 4.87. The van der Waals surface area contributed by atoms with E-state index in [-0.39, 0.29) is 24.6 Å². The number of carbonyl (C=O) groups excluding carboxylic acids is 1. The van der Waals surface area contributed by atoms with Crippen LogP contribution in [0.1, 0.15) is 47.8 Å². The zero-order valence-electron chi connectivity index (χ0n) is 16.2. The van der Waals surface area contributed by atoms with E-state index in [0.29, 0.717) is 22.7 Å². The molecule has 0 fully saturated rings. The van der Waals surface area contributed by atoms with Crippen molar-refractivity contribution in [1.29, 1.82) is 0 Å². The highest BCUT2D eigenvalue weighted by atomic mass is 19.1. The fourth-order valence-electron chi connectivity index (χ4n) is 4.02. The van der Waals surface area contributed by atoms with Gasteiger partial charge < -0.3 is 15.0 Å². The van der Waals surface area contributed by atoms with Crippen molar-refractivity contribution >= 4 is 17.4 Å². The fraction of sp³-hybridized carbons (Fsp3) is 0.400. The van der Waals surface area contributed by atoms with E-state index in [0.717, 1.165) is 37.0 Å². The van der Waals surface area contributed by atoms with Gasteiger partial charge in [0.25, 0.3) is 5.91 Å². The number of halogens is 1. The van der Waals surface area contributed by atoms with E-state index in [2.05, 4.69) is 20.3 Å². The molecule has 0 aliphatic carbocycles. The molecule has 3 aromatic rings. The predicted octanol–water partition coefficient (Wildman–Crippen LogP) is 2.29. The summed E-state index contributed by atoms with van der Waals surface area (Å²) in [5.41, 5.74) is 2.62. The van der Waals surface area contributed by atoms with Gasteiger partial charge in [0.05, 0.1) is 25.0 Å². The highest BCUT2D eigenvalue weighted by Crippen LogP contribution is 2.36. The number of anilines is 1. The van der Waals surface area contributed by atoms with E-state index in [1.807, 2.05) is 20.0 Å². The van der Waals surface area contributed by atoms with Crippen LogP contribution in [0.4, 0.5) is 10.2 Å². The Labute approximate surface area is 166 Å². The van der Waals surface area contributed by atoms with Crippen molar-refractivity contribution in [2.24, 2.45) is 0 Å². The number of aryl methyl sites for hydroxylation is 1. The molecule has 8 nitrogen and oxygen atoms in total. The number of carbonyl (C=O) groups is 1. The Kier molecular flexibility index (Phi) is 4.11. The molecule has 0 saturated heterocycles. The van der Waals surface area contributed by atoms with Gasteiger partial charge >= 0.3 is 0 Å². The predicted molar refractivity (Wildman–Crippen MR) is 104 cm³/mol. The van der Waals surface area contributed by atoms with Gasteiger partial charge in [-0.15, -0.1) is 0 Å². The van der Waals surface area contributed by atoms with E-state index >= 15 is 0 Å². The summed E-state index contributed by atoms with van der Waals surface area (Å²) in [5.74, 6) is 0.484. The Bertz CT molecular complexity index is 1110. The van der Waals surface area contributed by atoms with Gasteiger partial charge in [0.2, 0.25) is 5.88 Å². The Morgan fingerprint density at radius 3 is 3.03 bits per heavy atom. The molecule has 150 valence electrons. The molecule has 2 bridgehead atoms. The minimum Gasteiger partial charge on any atom is -0.473 e. The second-order valence-electron chi connectivity index (χ2n) is 7.58. The van der Waals surface area contributed by atoms with Gasteiger partial charge in [0.15, 0.2) is 5.65 Å². The SMILES string of the molecule is C[C@@H]1c2cc(F)cnc2O[C@@H](C)CNC(=O)c2cnn3cc4c(nc23)N1CCC4. The van der Waals surface area contributed by atoms with Crippen molar-refractivity contribution in [2.45, 2.75) is 38.8 Å². The number of rotatable bonds is 0. The molecule has 5 heterocycles. The van der Waals surface area contributed by atoms with Crippen molar-refractivity contribution in [1.82, 2.24) is 24.9 Å². The second-order valence-corrected chi connectivity index (χ2v) is 7.58. The molecule has 0 aromatic carbocycles. The van der Waals surface area contributed by atoms with Crippen molar-refractivity contribution in [3.05, 3.63) is 47.2 Å². The zero-order valence-corrected chi connectivity index (χ0v) is 16.2. The normalized spacial score (nSPS) is 21.6. The summed E-state index contributed by atoms with van der Waals surface area (Å²) in [6, 6.07) is 1.26. The van der Waals surface area contributed by atoms with Crippen LogP contribution in [0.3, 0.4) is 0 Å². The quantitative estimate of drug-likeness (QED) is 0.628. The third kappa shape index (κ3) is 2.97. The third-order valence-electron chi connectivity index (χ3n) is 5.53. The summed E-state index contributed by atoms with van der Waals surface area (Å²) in [7, 11) is 0. The lowest BCUT2D eigenvalue weighted by molar-refractivity contribution is 0.0932. The van der Waals surface area contributed by atoms with Crippen LogP contribution in [0.5, 0.6) is 5.88 Å². The first-order valence-corrected chi connectivity index (χ1v) is 9.75. The number of amides is 1. The van der Waals surface area contributed by atoms with Gasteiger partial charge in [-0.1, -0.05) is 0 Å². The Morgan fingerprint density at radius 2 is 2.17 bits per heavy atom. The first-order chi connectivity index (χ1) is 14.0. The fourth-order valence-corrected chi connectivity index (χ4v) is 4.02. The van der Waals surface area contributed by atoms with Crippen LogP contribution in [0.2, 0.25) is 0 Å². The second kappa shape index (κ2) is 6.68. The average molecular weight is 396 g/mol. The standard InChI is InChI=1S/C20H21FN6O2/c1-11-7-22-19(28)16-9-24-27-10-13-4-3-5-26(17(13)25-18(16)27)12(2)15-6-14(21)8-23-20(15)29-11/h6,8-12H,3-5,7H2,1-2H3,(H,22,28)/t11-,12+/m0/s1. The Balaban J connectivity index is 1.72. The highest BCUT2D eigenvalue weighted by Gasteiger charge is 2.29. The average Bonchev–Trinajstić information content (AvgIpc) is 3.13. The molecule has 29 heavy (non-hydrogen) atoms. The van der Waals surface area contributed by atoms with E-state index in [1.165, 1.54) is 12.3 Å². The van der Waals surface area contributed by atoms with Gasteiger partial charge in [-0.3, -0.25) is 4.79 Å². The molecule has 0 radical (unpaired) electrons. The molecule has 0 unspecified atom stereocenters. The van der Waals surface area contributed by atoms with Crippen molar-refractivity contribution in [3.8, 4) is 5.88 Å². The number of nitrogens with zero attached hydrogens (tertiary/aromatic N) is 5. The van der Waals surface area contributed by atoms with Crippen LogP contribution in [-0.2, 0) is 6.42 Å². The van der Waals surface area contributed by atoms with Gasteiger partial charge in [-0.25, -0.2) is 18.9 Å². The number of hydrogen-bond donors (Lipinski definition) is 1. The maximum atomic E-state index is 14.1. The van der Waals surface area contributed by atoms with E-state index < -0.39 is 5.82 Å². The smallest absolute Gasteiger partial charge is 0.256 e. The van der Waals surface area contributed by atoms with Crippen molar-refractivity contribution < 1.29 is 13.9 Å². The van der Waals surface area contributed by atoms with E-state index in [9.17, 15) is 9.18 Å². The molecule has 1 amide bonds. The lowest BCUT2D eigenvalue weighted by Gasteiger charge is -2.35. The van der Waals surface area contributed by atoms with Gasteiger partial charge in [-0.05, 0) is 32.8 Å². The van der Waals surface area contributed by atoms with Crippen molar-refractivity contribution in [3.63, 3.8) is 0 Å². The lowest BCUT2D eigenvalue weighted by Crippen LogP contribution is -2.34. The minimum absolute atomic E-state index is 0.204. The van der Waals surface area contributed by atoms with Crippen LogP contribution in [-0.4, -0.2) is 44.7 Å². The first kappa shape index (κ1) is 17.8. The molecule has 2 aliphatic rings. The van der Waals surface area contributed by atoms with Gasteiger partial charge in [-0.2, -0.15) is 5.10 Å². The van der Waals surface area contributed by atoms with Crippen LogP contribution >= 0.6 is 0 Å². The van der Waals surface area contributed by atoms with Crippen LogP contribution in [0.15, 0.2) is 24.7 Å². The first-order valence-electron chi connectivity index (χ1n) is 9.75. The molecular weight excluding hydrogens is 375 g/mol. The molecule has 3 aromatic heterocycles. The zero-order chi connectivity index (χ0) is 20.1. The Morgan fingerprint density at radius 1 is 1.31 bits per heavy atom. The highest BCUT2D eigenvalue weighted by molar-refractivity contribution is 5.99. The van der Waals surface area contributed by atoms with Gasteiger partial charge in [0, 0.05) is 23.9 Å². The van der Waals surface area contributed by atoms with E-state index in [4.69, 9.17) is 9.72 Å².